The topological polar surface area (TPSA) is 119 Å². The molecule has 186 valence electrons. The summed E-state index contributed by atoms with van der Waals surface area (Å²) >= 11 is 1.47. The van der Waals surface area contributed by atoms with Gasteiger partial charge in [0.2, 0.25) is 0 Å². The van der Waals surface area contributed by atoms with Crippen LogP contribution in [0, 0.1) is 0 Å². The molecule has 1 atom stereocenters. The normalized spacial score (nSPS) is 19.1. The molecule has 36 heavy (non-hydrogen) atoms. The number of hydrogen-bond donors (Lipinski definition) is 2. The van der Waals surface area contributed by atoms with Gasteiger partial charge in [0.05, 0.1) is 31.2 Å². The summed E-state index contributed by atoms with van der Waals surface area (Å²) < 4.78 is 16.8. The Balaban J connectivity index is 1.18. The van der Waals surface area contributed by atoms with E-state index in [2.05, 4.69) is 37.9 Å². The molecule has 0 aliphatic carbocycles. The van der Waals surface area contributed by atoms with Gasteiger partial charge in [-0.3, -0.25) is 4.79 Å². The first-order valence-electron chi connectivity index (χ1n) is 11.8. The molecule has 6 rings (SSSR count). The van der Waals surface area contributed by atoms with Crippen molar-refractivity contribution in [1.82, 2.24) is 20.5 Å². The van der Waals surface area contributed by atoms with Crippen molar-refractivity contribution < 1.29 is 18.4 Å². The second-order valence-corrected chi connectivity index (χ2v) is 10.6. The first kappa shape index (κ1) is 22.7. The highest BCUT2D eigenvalue weighted by atomic mass is 32.1. The van der Waals surface area contributed by atoms with E-state index in [4.69, 9.17) is 18.6 Å². The van der Waals surface area contributed by atoms with Crippen LogP contribution in [0.3, 0.4) is 0 Å². The lowest BCUT2D eigenvalue weighted by atomic mass is 9.94. The average molecular weight is 507 g/mol. The van der Waals surface area contributed by atoms with Gasteiger partial charge in [0.15, 0.2) is 10.9 Å². The van der Waals surface area contributed by atoms with E-state index in [1.54, 1.807) is 18.4 Å². The van der Waals surface area contributed by atoms with E-state index >= 15 is 0 Å². The summed E-state index contributed by atoms with van der Waals surface area (Å²) in [5.41, 5.74) is 2.57. The molecule has 4 aromatic rings. The summed E-state index contributed by atoms with van der Waals surface area (Å²) in [6.07, 6.45) is 3.05. The zero-order chi connectivity index (χ0) is 24.7. The van der Waals surface area contributed by atoms with Crippen molar-refractivity contribution in [2.24, 2.45) is 0 Å². The van der Waals surface area contributed by atoms with Crippen LogP contribution in [0.2, 0.25) is 0 Å². The highest BCUT2D eigenvalue weighted by molar-refractivity contribution is 7.17. The first-order valence-corrected chi connectivity index (χ1v) is 12.7. The molecule has 0 radical (unpaired) electrons. The third kappa shape index (κ3) is 4.59. The van der Waals surface area contributed by atoms with E-state index in [0.717, 1.165) is 41.5 Å². The van der Waals surface area contributed by atoms with Crippen molar-refractivity contribution in [3.63, 3.8) is 0 Å². The third-order valence-corrected chi connectivity index (χ3v) is 7.37. The fourth-order valence-electron chi connectivity index (χ4n) is 4.61. The van der Waals surface area contributed by atoms with Crippen molar-refractivity contribution in [1.29, 1.82) is 0 Å². The van der Waals surface area contributed by atoms with Crippen molar-refractivity contribution in [2.75, 3.05) is 30.0 Å². The Hall–Kier alpha value is -3.70. The fraction of sp³-hybridized carbons (Fsp3) is 0.360. The number of benzene rings is 1. The van der Waals surface area contributed by atoms with Crippen LogP contribution in [0.15, 0.2) is 51.5 Å². The van der Waals surface area contributed by atoms with Crippen LogP contribution in [-0.4, -0.2) is 52.4 Å². The Bertz CT molecular complexity index is 1380. The zero-order valence-corrected chi connectivity index (χ0v) is 20.8. The maximum absolute atomic E-state index is 12.6. The quantitative estimate of drug-likeness (QED) is 0.399. The summed E-state index contributed by atoms with van der Waals surface area (Å²) in [5, 5.41) is 15.2. The summed E-state index contributed by atoms with van der Waals surface area (Å²) in [4.78, 5) is 20.5. The number of carbonyl (C=O) groups excluding carboxylic acids is 1. The molecule has 11 heteroatoms. The van der Waals surface area contributed by atoms with Gasteiger partial charge in [-0.25, -0.2) is 4.98 Å². The number of amides is 1. The highest BCUT2D eigenvalue weighted by Crippen LogP contribution is 2.34. The van der Waals surface area contributed by atoms with E-state index < -0.39 is 0 Å². The average Bonchev–Trinajstić information content (AvgIpc) is 3.60. The molecule has 1 amide bonds. The van der Waals surface area contributed by atoms with Crippen LogP contribution in [-0.2, 0) is 17.6 Å². The van der Waals surface area contributed by atoms with E-state index in [1.807, 2.05) is 26.0 Å². The van der Waals surface area contributed by atoms with Crippen LogP contribution in [0.5, 0.6) is 0 Å². The summed E-state index contributed by atoms with van der Waals surface area (Å²) in [6.45, 7) is 6.01. The molecule has 1 fully saturated rings. The van der Waals surface area contributed by atoms with Gasteiger partial charge in [-0.1, -0.05) is 28.6 Å². The van der Waals surface area contributed by atoms with E-state index in [9.17, 15) is 4.79 Å². The van der Waals surface area contributed by atoms with Gasteiger partial charge in [0, 0.05) is 24.2 Å². The minimum absolute atomic E-state index is 0.0372. The molecule has 2 aliphatic rings. The van der Waals surface area contributed by atoms with Crippen LogP contribution < -0.4 is 15.5 Å². The lowest BCUT2D eigenvalue weighted by Gasteiger charge is -2.35. The van der Waals surface area contributed by atoms with E-state index in [0.29, 0.717) is 29.7 Å². The standard InChI is InChI=1S/C25H26N6O4S/c1-25(2)13-18-20(21(32)28-25)36-24(27-18)31-8-10-33-14-17(31)12-15-5-3-6-16(11-15)26-23-30-29-22(35-23)19-7-4-9-34-19/h3-7,9,11,17H,8,10,12-14H2,1-2H3,(H,26,30)(H,28,32). The van der Waals surface area contributed by atoms with Gasteiger partial charge >= 0.3 is 6.01 Å². The monoisotopic (exact) mass is 506 g/mol. The first-order chi connectivity index (χ1) is 17.4. The lowest BCUT2D eigenvalue weighted by molar-refractivity contribution is 0.0900. The second kappa shape index (κ2) is 9.07. The number of hydrogen-bond acceptors (Lipinski definition) is 10. The predicted molar refractivity (Wildman–Crippen MR) is 135 cm³/mol. The van der Waals surface area contributed by atoms with Crippen molar-refractivity contribution >= 4 is 34.1 Å². The second-order valence-electron chi connectivity index (χ2n) is 9.63. The SMILES string of the molecule is CC1(C)Cc2nc(N3CCOCC3Cc3cccc(Nc4nnc(-c5ccco5)o4)c3)sc2C(=O)N1. The maximum Gasteiger partial charge on any atom is 0.320 e. The largest absolute Gasteiger partial charge is 0.459 e. The number of carbonyl (C=O) groups is 1. The number of aromatic nitrogens is 3. The number of fused-ring (bicyclic) bond motifs is 1. The Morgan fingerprint density at radius 1 is 1.25 bits per heavy atom. The summed E-state index contributed by atoms with van der Waals surface area (Å²) in [5.74, 6) is 0.799. The number of furan rings is 1. The van der Waals surface area contributed by atoms with Crippen molar-refractivity contribution in [3.05, 3.63) is 58.8 Å². The molecule has 1 aromatic carbocycles. The van der Waals surface area contributed by atoms with Crippen molar-refractivity contribution in [2.45, 2.75) is 38.3 Å². The van der Waals surface area contributed by atoms with Gasteiger partial charge in [-0.15, -0.1) is 5.10 Å². The molecular formula is C25H26N6O4S. The van der Waals surface area contributed by atoms with Gasteiger partial charge in [-0.05, 0) is 50.1 Å². The Morgan fingerprint density at radius 3 is 3.03 bits per heavy atom. The molecule has 5 heterocycles. The van der Waals surface area contributed by atoms with Gasteiger partial charge < -0.3 is 29.1 Å². The van der Waals surface area contributed by atoms with E-state index in [1.165, 1.54) is 11.3 Å². The van der Waals surface area contributed by atoms with Crippen LogP contribution in [0.4, 0.5) is 16.8 Å². The molecule has 1 saturated heterocycles. The molecule has 2 N–H and O–H groups in total. The smallest absolute Gasteiger partial charge is 0.320 e. The minimum atomic E-state index is -0.287. The molecule has 1 unspecified atom stereocenters. The number of thiazole rings is 1. The third-order valence-electron chi connectivity index (χ3n) is 6.23. The predicted octanol–water partition coefficient (Wildman–Crippen LogP) is 4.04. The van der Waals surface area contributed by atoms with E-state index in [-0.39, 0.29) is 23.5 Å². The Morgan fingerprint density at radius 2 is 2.17 bits per heavy atom. The zero-order valence-electron chi connectivity index (χ0n) is 20.0. The lowest BCUT2D eigenvalue weighted by Crippen LogP contribution is -2.48. The van der Waals surface area contributed by atoms with Gasteiger partial charge in [0.1, 0.15) is 4.88 Å². The number of morpholine rings is 1. The summed E-state index contributed by atoms with van der Waals surface area (Å²) in [6, 6.07) is 12.0. The maximum atomic E-state index is 12.6. The minimum Gasteiger partial charge on any atom is -0.459 e. The highest BCUT2D eigenvalue weighted by Gasteiger charge is 2.35. The Kier molecular flexibility index (Phi) is 5.73. The number of nitrogens with one attached hydrogen (secondary N) is 2. The Labute approximate surface area is 211 Å². The van der Waals surface area contributed by atoms with Gasteiger partial charge in [0.25, 0.3) is 11.8 Å². The molecule has 3 aromatic heterocycles. The number of ether oxygens (including phenoxy) is 1. The van der Waals surface area contributed by atoms with Gasteiger partial charge in [-0.2, -0.15) is 0 Å². The summed E-state index contributed by atoms with van der Waals surface area (Å²) in [7, 11) is 0. The van der Waals surface area contributed by atoms with Crippen LogP contribution >= 0.6 is 11.3 Å². The van der Waals surface area contributed by atoms with Crippen molar-refractivity contribution in [3.8, 4) is 11.7 Å². The molecule has 0 bridgehead atoms. The fourth-order valence-corrected chi connectivity index (χ4v) is 5.68. The molecule has 2 aliphatic heterocycles. The number of nitrogens with zero attached hydrogens (tertiary/aromatic N) is 4. The molecule has 10 nitrogen and oxygen atoms in total. The number of anilines is 3. The van der Waals surface area contributed by atoms with Crippen LogP contribution in [0.1, 0.15) is 34.8 Å². The van der Waals surface area contributed by atoms with Crippen LogP contribution in [0.25, 0.3) is 11.7 Å². The molecule has 0 spiro atoms. The molecule has 0 saturated carbocycles. The molecular weight excluding hydrogens is 480 g/mol. The number of rotatable bonds is 6.